The van der Waals surface area contributed by atoms with Crippen molar-refractivity contribution in [3.05, 3.63) is 62.6 Å². The van der Waals surface area contributed by atoms with Gasteiger partial charge in [0.25, 0.3) is 5.91 Å². The molecular formula is C22H10N2O2S4. The fraction of sp³-hybridized carbons (Fsp3) is 0. The summed E-state index contributed by atoms with van der Waals surface area (Å²) in [4.78, 5) is 22.2. The summed E-state index contributed by atoms with van der Waals surface area (Å²) >= 11 is 6.64. The molecule has 1 aliphatic heterocycles. The van der Waals surface area contributed by atoms with Gasteiger partial charge in [0.1, 0.15) is 0 Å². The van der Waals surface area contributed by atoms with Crippen molar-refractivity contribution < 1.29 is 9.90 Å². The van der Waals surface area contributed by atoms with E-state index >= 15 is 0 Å². The largest absolute Gasteiger partial charge is 0.494 e. The van der Waals surface area contributed by atoms with Crippen LogP contribution in [-0.4, -0.2) is 16.0 Å². The third kappa shape index (κ3) is 2.24. The number of benzene rings is 1. The van der Waals surface area contributed by atoms with Gasteiger partial charge >= 0.3 is 0 Å². The molecule has 0 saturated heterocycles. The molecule has 5 aromatic heterocycles. The molecule has 0 unspecified atom stereocenters. The summed E-state index contributed by atoms with van der Waals surface area (Å²) in [6.45, 7) is 0. The van der Waals surface area contributed by atoms with E-state index in [0.717, 1.165) is 31.4 Å². The third-order valence-corrected chi connectivity index (χ3v) is 9.59. The minimum Gasteiger partial charge on any atom is -0.494 e. The normalized spacial score (nSPS) is 13.7. The lowest BCUT2D eigenvalue weighted by Crippen LogP contribution is -2.22. The fourth-order valence-corrected chi connectivity index (χ4v) is 8.38. The average Bonchev–Trinajstić information content (AvgIpc) is 3.47. The smallest absolute Gasteiger partial charge is 0.279 e. The van der Waals surface area contributed by atoms with Crippen LogP contribution in [0.15, 0.2) is 52.2 Å². The van der Waals surface area contributed by atoms with Gasteiger partial charge in [0.05, 0.1) is 16.5 Å². The molecule has 0 saturated carbocycles. The maximum atomic E-state index is 12.8. The van der Waals surface area contributed by atoms with E-state index < -0.39 is 0 Å². The number of aromatic amines is 1. The Morgan fingerprint density at radius 1 is 0.867 bits per heavy atom. The zero-order chi connectivity index (χ0) is 20.0. The van der Waals surface area contributed by atoms with Crippen LogP contribution in [0.2, 0.25) is 0 Å². The van der Waals surface area contributed by atoms with Crippen molar-refractivity contribution >= 4 is 86.5 Å². The van der Waals surface area contributed by atoms with Crippen molar-refractivity contribution in [2.75, 3.05) is 0 Å². The van der Waals surface area contributed by atoms with Gasteiger partial charge in [-0.3, -0.25) is 4.79 Å². The first-order valence-electron chi connectivity index (χ1n) is 9.12. The Kier molecular flexibility index (Phi) is 3.33. The number of H-pyrrole nitrogens is 1. The van der Waals surface area contributed by atoms with Crippen LogP contribution in [0.25, 0.3) is 45.7 Å². The molecule has 7 rings (SSSR count). The van der Waals surface area contributed by atoms with Gasteiger partial charge in [0.15, 0.2) is 5.88 Å². The average molecular weight is 463 g/mol. The highest BCUT2D eigenvalue weighted by Gasteiger charge is 2.23. The second-order valence-corrected chi connectivity index (χ2v) is 11.1. The second-order valence-electron chi connectivity index (χ2n) is 7.08. The first-order valence-corrected chi connectivity index (χ1v) is 12.5. The molecule has 0 radical (unpaired) electrons. The number of carbonyl (C=O) groups is 1. The van der Waals surface area contributed by atoms with Crippen molar-refractivity contribution in [1.82, 2.24) is 4.98 Å². The lowest BCUT2D eigenvalue weighted by atomic mass is 10.1. The maximum absolute atomic E-state index is 12.8. The molecular weight excluding hydrogens is 453 g/mol. The summed E-state index contributed by atoms with van der Waals surface area (Å²) in [7, 11) is 0. The predicted octanol–water partition coefficient (Wildman–Crippen LogP) is 5.45. The van der Waals surface area contributed by atoms with Gasteiger partial charge in [-0.15, -0.1) is 45.3 Å². The van der Waals surface area contributed by atoms with E-state index in [1.807, 2.05) is 12.1 Å². The SMILES string of the molecule is O=C1N=c2cc3c(-c4cc5sccc5s4)c(O)[nH]c3cc2=C1c1cc2sccc2s1. The Hall–Kier alpha value is -2.78. The number of thiophene rings is 4. The van der Waals surface area contributed by atoms with Crippen LogP contribution in [-0.2, 0) is 4.79 Å². The first kappa shape index (κ1) is 17.0. The molecule has 144 valence electrons. The van der Waals surface area contributed by atoms with Gasteiger partial charge in [-0.1, -0.05) is 0 Å². The number of fused-ring (bicyclic) bond motifs is 4. The molecule has 4 nitrogen and oxygen atoms in total. The summed E-state index contributed by atoms with van der Waals surface area (Å²) < 4.78 is 4.78. The zero-order valence-electron chi connectivity index (χ0n) is 15.1. The monoisotopic (exact) mass is 462 g/mol. The number of carbonyl (C=O) groups excluding carboxylic acids is 1. The van der Waals surface area contributed by atoms with E-state index in [9.17, 15) is 9.90 Å². The Labute approximate surface area is 184 Å². The maximum Gasteiger partial charge on any atom is 0.279 e. The number of aromatic nitrogens is 1. The summed E-state index contributed by atoms with van der Waals surface area (Å²) in [5.41, 5.74) is 2.22. The lowest BCUT2D eigenvalue weighted by molar-refractivity contribution is -0.112. The van der Waals surface area contributed by atoms with Crippen molar-refractivity contribution in [2.45, 2.75) is 0 Å². The molecule has 1 aliphatic rings. The predicted molar refractivity (Wildman–Crippen MR) is 127 cm³/mol. The molecule has 0 atom stereocenters. The minimum absolute atomic E-state index is 0.145. The molecule has 6 heterocycles. The molecule has 1 aromatic carbocycles. The quantitative estimate of drug-likeness (QED) is 0.359. The molecule has 0 aliphatic carbocycles. The summed E-state index contributed by atoms with van der Waals surface area (Å²) in [5.74, 6) is -0.0546. The van der Waals surface area contributed by atoms with Gasteiger partial charge < -0.3 is 10.1 Å². The fourth-order valence-electron chi connectivity index (χ4n) is 4.05. The Balaban J connectivity index is 1.51. The number of nitrogens with one attached hydrogen (secondary N) is 1. The van der Waals surface area contributed by atoms with Gasteiger partial charge in [-0.25, -0.2) is 4.99 Å². The molecule has 2 N–H and O–H groups in total. The van der Waals surface area contributed by atoms with E-state index in [-0.39, 0.29) is 11.8 Å². The van der Waals surface area contributed by atoms with E-state index in [4.69, 9.17) is 0 Å². The molecule has 6 aromatic rings. The topological polar surface area (TPSA) is 65.4 Å². The first-order chi connectivity index (χ1) is 14.7. The molecule has 8 heteroatoms. The second kappa shape index (κ2) is 5.89. The third-order valence-electron chi connectivity index (χ3n) is 5.37. The van der Waals surface area contributed by atoms with Crippen molar-refractivity contribution in [1.29, 1.82) is 0 Å². The summed E-state index contributed by atoms with van der Waals surface area (Å²) in [6, 6.07) is 12.2. The van der Waals surface area contributed by atoms with Crippen molar-refractivity contribution in [3.63, 3.8) is 0 Å². The van der Waals surface area contributed by atoms with Gasteiger partial charge in [-0.2, -0.15) is 0 Å². The molecule has 1 amide bonds. The number of aromatic hydroxyl groups is 1. The number of hydrogen-bond donors (Lipinski definition) is 2. The Bertz CT molecular complexity index is 1730. The van der Waals surface area contributed by atoms with E-state index in [0.29, 0.717) is 10.9 Å². The van der Waals surface area contributed by atoms with E-state index in [2.05, 4.69) is 45.0 Å². The van der Waals surface area contributed by atoms with Crippen LogP contribution in [0.1, 0.15) is 4.88 Å². The van der Waals surface area contributed by atoms with Crippen LogP contribution in [0.5, 0.6) is 5.88 Å². The Morgan fingerprint density at radius 2 is 1.57 bits per heavy atom. The highest BCUT2D eigenvalue weighted by Crippen LogP contribution is 2.43. The number of amides is 1. The van der Waals surface area contributed by atoms with E-state index in [1.54, 1.807) is 45.3 Å². The molecule has 0 spiro atoms. The van der Waals surface area contributed by atoms with Gasteiger partial charge in [-0.05, 0) is 47.2 Å². The molecule has 30 heavy (non-hydrogen) atoms. The molecule has 0 bridgehead atoms. The van der Waals surface area contributed by atoms with Crippen molar-refractivity contribution in [2.24, 2.45) is 4.99 Å². The highest BCUT2D eigenvalue weighted by atomic mass is 32.1. The van der Waals surface area contributed by atoms with Crippen LogP contribution in [0, 0.1) is 0 Å². The summed E-state index contributed by atoms with van der Waals surface area (Å²) in [6.07, 6.45) is 0. The molecule has 0 fully saturated rings. The highest BCUT2D eigenvalue weighted by molar-refractivity contribution is 7.29. The van der Waals surface area contributed by atoms with Crippen molar-refractivity contribution in [3.8, 4) is 16.3 Å². The van der Waals surface area contributed by atoms with E-state index in [1.165, 1.54) is 18.8 Å². The van der Waals surface area contributed by atoms with Gasteiger partial charge in [0, 0.05) is 44.7 Å². The standard InChI is InChI=1S/C22H10N2O2S4/c25-21-19(17-7-15-13(29-17)1-3-27-15)9-5-12-10(6-11(9)23-21)20(22(26)24-12)18-8-16-14(30-18)2-4-28-16/h1-8,23,25H. The Morgan fingerprint density at radius 3 is 2.30 bits per heavy atom. The minimum atomic E-state index is -0.200. The number of rotatable bonds is 2. The van der Waals surface area contributed by atoms with Crippen LogP contribution in [0.4, 0.5) is 0 Å². The van der Waals surface area contributed by atoms with Crippen LogP contribution >= 0.6 is 45.3 Å². The number of nitrogens with zero attached hydrogens (tertiary/aromatic N) is 1. The lowest BCUT2D eigenvalue weighted by Gasteiger charge is -1.97. The zero-order valence-corrected chi connectivity index (χ0v) is 18.3. The summed E-state index contributed by atoms with van der Waals surface area (Å²) in [5, 5.41) is 17.2. The van der Waals surface area contributed by atoms with Gasteiger partial charge in [0.2, 0.25) is 0 Å². The van der Waals surface area contributed by atoms with Crippen LogP contribution in [0.3, 0.4) is 0 Å². The van der Waals surface area contributed by atoms with Crippen LogP contribution < -0.4 is 10.6 Å². The number of hydrogen-bond acceptors (Lipinski definition) is 6.